The molecular weight excluding hydrogens is 296 g/mol. The van der Waals surface area contributed by atoms with Gasteiger partial charge in [-0.15, -0.1) is 0 Å². The number of rotatable bonds is 4. The van der Waals surface area contributed by atoms with Crippen LogP contribution in [0.25, 0.3) is 5.69 Å². The van der Waals surface area contributed by atoms with Crippen molar-refractivity contribution in [3.8, 4) is 5.69 Å². The van der Waals surface area contributed by atoms with Crippen LogP contribution in [0.1, 0.15) is 16.1 Å². The van der Waals surface area contributed by atoms with E-state index in [0.717, 1.165) is 23.6 Å². The van der Waals surface area contributed by atoms with Crippen LogP contribution in [0.2, 0.25) is 0 Å². The third-order valence-electron chi connectivity index (χ3n) is 3.28. The highest BCUT2D eigenvalue weighted by Gasteiger charge is 2.27. The number of nitrogens with zero attached hydrogens (tertiary/aromatic N) is 4. The number of aromatic nitrogens is 3. The standard InChI is InChI=1S/C13H13ClN4OS/c14-20-7-6-17-5-3-12-11(13(17)19)9-18(16-12)10-2-1-4-15-8-10/h1-2,4,8-9H,3,5-7H2. The average Bonchev–Trinajstić information content (AvgIpc) is 2.93. The SMILES string of the molecule is O=C1c2cn(-c3cccnc3)nc2CCN1CCSCl. The fourth-order valence-electron chi connectivity index (χ4n) is 2.27. The number of carbonyl (C=O) groups excluding carboxylic acids is 1. The topological polar surface area (TPSA) is 51.0 Å². The largest absolute Gasteiger partial charge is 0.337 e. The molecule has 7 heteroatoms. The minimum Gasteiger partial charge on any atom is -0.337 e. The number of carbonyl (C=O) groups is 1. The zero-order valence-electron chi connectivity index (χ0n) is 10.7. The molecule has 1 amide bonds. The van der Waals surface area contributed by atoms with E-state index in [0.29, 0.717) is 18.7 Å². The first kappa shape index (κ1) is 13.5. The molecule has 3 rings (SSSR count). The van der Waals surface area contributed by atoms with E-state index in [9.17, 15) is 4.79 Å². The Balaban J connectivity index is 1.87. The number of halogens is 1. The van der Waals surface area contributed by atoms with E-state index in [4.69, 9.17) is 10.7 Å². The molecule has 20 heavy (non-hydrogen) atoms. The Morgan fingerprint density at radius 2 is 2.35 bits per heavy atom. The Morgan fingerprint density at radius 1 is 1.45 bits per heavy atom. The highest BCUT2D eigenvalue weighted by atomic mass is 35.7. The smallest absolute Gasteiger partial charge is 0.257 e. The summed E-state index contributed by atoms with van der Waals surface area (Å²) in [5.74, 6) is 0.770. The van der Waals surface area contributed by atoms with Crippen LogP contribution in [0.4, 0.5) is 0 Å². The Labute approximate surface area is 125 Å². The molecule has 1 aliphatic rings. The number of hydrogen-bond donors (Lipinski definition) is 0. The van der Waals surface area contributed by atoms with Crippen molar-refractivity contribution in [3.05, 3.63) is 42.0 Å². The van der Waals surface area contributed by atoms with Gasteiger partial charge in [-0.05, 0) is 22.8 Å². The lowest BCUT2D eigenvalue weighted by molar-refractivity contribution is 0.0750. The summed E-state index contributed by atoms with van der Waals surface area (Å²) in [6, 6.07) is 3.76. The van der Waals surface area contributed by atoms with E-state index >= 15 is 0 Å². The molecule has 0 unspecified atom stereocenters. The molecule has 2 aromatic heterocycles. The Bertz CT molecular complexity index is 616. The third kappa shape index (κ3) is 2.53. The number of hydrogen-bond acceptors (Lipinski definition) is 4. The summed E-state index contributed by atoms with van der Waals surface area (Å²) in [5, 5.41) is 4.48. The summed E-state index contributed by atoms with van der Waals surface area (Å²) < 4.78 is 1.72. The van der Waals surface area contributed by atoms with Crippen molar-refractivity contribution >= 4 is 27.6 Å². The molecule has 0 bridgehead atoms. The summed E-state index contributed by atoms with van der Waals surface area (Å²) >= 11 is 0. The van der Waals surface area contributed by atoms with E-state index in [-0.39, 0.29) is 5.91 Å². The van der Waals surface area contributed by atoms with Gasteiger partial charge in [0, 0.05) is 37.7 Å². The van der Waals surface area contributed by atoms with Crippen molar-refractivity contribution in [2.75, 3.05) is 18.8 Å². The summed E-state index contributed by atoms with van der Waals surface area (Å²) in [6.07, 6.45) is 6.00. The Kier molecular flexibility index (Phi) is 3.93. The van der Waals surface area contributed by atoms with Crippen molar-refractivity contribution in [1.82, 2.24) is 19.7 Å². The third-order valence-corrected chi connectivity index (χ3v) is 4.08. The lowest BCUT2D eigenvalue weighted by Crippen LogP contribution is -2.38. The van der Waals surface area contributed by atoms with Crippen LogP contribution < -0.4 is 0 Å². The summed E-state index contributed by atoms with van der Waals surface area (Å²) in [6.45, 7) is 1.37. The molecule has 0 atom stereocenters. The van der Waals surface area contributed by atoms with Gasteiger partial charge < -0.3 is 4.90 Å². The van der Waals surface area contributed by atoms with Gasteiger partial charge in [0.15, 0.2) is 0 Å². The zero-order valence-corrected chi connectivity index (χ0v) is 12.3. The van der Waals surface area contributed by atoms with Crippen LogP contribution in [0.5, 0.6) is 0 Å². The van der Waals surface area contributed by atoms with Gasteiger partial charge in [-0.25, -0.2) is 4.68 Å². The van der Waals surface area contributed by atoms with E-state index in [1.54, 1.807) is 23.3 Å². The Hall–Kier alpha value is -1.53. The molecular formula is C13H13ClN4OS. The number of pyridine rings is 1. The molecule has 3 heterocycles. The minimum absolute atomic E-state index is 0.0344. The fourth-order valence-corrected chi connectivity index (χ4v) is 2.76. The molecule has 104 valence electrons. The molecule has 0 radical (unpaired) electrons. The summed E-state index contributed by atoms with van der Waals surface area (Å²) in [7, 11) is 6.84. The van der Waals surface area contributed by atoms with E-state index in [2.05, 4.69) is 10.1 Å². The van der Waals surface area contributed by atoms with Gasteiger partial charge in [-0.2, -0.15) is 5.10 Å². The average molecular weight is 309 g/mol. The van der Waals surface area contributed by atoms with E-state index in [1.165, 1.54) is 11.0 Å². The van der Waals surface area contributed by atoms with Gasteiger partial charge in [0.1, 0.15) is 0 Å². The lowest BCUT2D eigenvalue weighted by atomic mass is 10.1. The van der Waals surface area contributed by atoms with Crippen molar-refractivity contribution < 1.29 is 4.79 Å². The maximum Gasteiger partial charge on any atom is 0.257 e. The normalized spacial score (nSPS) is 14.4. The Morgan fingerprint density at radius 3 is 3.10 bits per heavy atom. The highest BCUT2D eigenvalue weighted by molar-refractivity contribution is 8.21. The van der Waals surface area contributed by atoms with Gasteiger partial charge in [-0.1, -0.05) is 11.0 Å². The van der Waals surface area contributed by atoms with Gasteiger partial charge in [-0.3, -0.25) is 9.78 Å². The molecule has 0 N–H and O–H groups in total. The van der Waals surface area contributed by atoms with Crippen LogP contribution in [0.15, 0.2) is 30.7 Å². The first-order valence-electron chi connectivity index (χ1n) is 6.31. The molecule has 0 aromatic carbocycles. The van der Waals surface area contributed by atoms with Crippen LogP contribution in [0.3, 0.4) is 0 Å². The highest BCUT2D eigenvalue weighted by Crippen LogP contribution is 2.20. The van der Waals surface area contributed by atoms with Crippen LogP contribution in [0, 0.1) is 0 Å². The molecule has 5 nitrogen and oxygen atoms in total. The zero-order chi connectivity index (χ0) is 13.9. The summed E-state index contributed by atoms with van der Waals surface area (Å²) in [4.78, 5) is 18.3. The van der Waals surface area contributed by atoms with Crippen molar-refractivity contribution in [2.45, 2.75) is 6.42 Å². The predicted molar refractivity (Wildman–Crippen MR) is 79.3 cm³/mol. The van der Waals surface area contributed by atoms with Crippen molar-refractivity contribution in [3.63, 3.8) is 0 Å². The van der Waals surface area contributed by atoms with Crippen molar-refractivity contribution in [1.29, 1.82) is 0 Å². The van der Waals surface area contributed by atoms with Crippen LogP contribution in [-0.4, -0.2) is 44.4 Å². The molecule has 0 fully saturated rings. The molecule has 2 aromatic rings. The molecule has 0 spiro atoms. The maximum absolute atomic E-state index is 12.4. The lowest BCUT2D eigenvalue weighted by Gasteiger charge is -2.25. The second-order valence-electron chi connectivity index (χ2n) is 4.50. The second kappa shape index (κ2) is 5.85. The molecule has 0 aliphatic carbocycles. The number of amides is 1. The summed E-state index contributed by atoms with van der Waals surface area (Å²) in [5.41, 5.74) is 2.39. The molecule has 0 saturated heterocycles. The fraction of sp³-hybridized carbons (Fsp3) is 0.308. The van der Waals surface area contributed by atoms with E-state index < -0.39 is 0 Å². The van der Waals surface area contributed by atoms with Gasteiger partial charge in [0.2, 0.25) is 0 Å². The van der Waals surface area contributed by atoms with Gasteiger partial charge in [0.05, 0.1) is 23.1 Å². The van der Waals surface area contributed by atoms with Gasteiger partial charge >= 0.3 is 0 Å². The predicted octanol–water partition coefficient (Wildman–Crippen LogP) is 2.15. The van der Waals surface area contributed by atoms with Crippen LogP contribution in [-0.2, 0) is 6.42 Å². The second-order valence-corrected chi connectivity index (χ2v) is 5.78. The van der Waals surface area contributed by atoms with Crippen molar-refractivity contribution in [2.24, 2.45) is 0 Å². The monoisotopic (exact) mass is 308 g/mol. The molecule has 0 saturated carbocycles. The maximum atomic E-state index is 12.4. The van der Waals surface area contributed by atoms with E-state index in [1.807, 2.05) is 17.0 Å². The number of fused-ring (bicyclic) bond motifs is 1. The van der Waals surface area contributed by atoms with Crippen LogP contribution >= 0.6 is 21.7 Å². The molecule has 1 aliphatic heterocycles. The minimum atomic E-state index is 0.0344. The van der Waals surface area contributed by atoms with Gasteiger partial charge in [0.25, 0.3) is 5.91 Å². The first-order valence-corrected chi connectivity index (χ1v) is 8.12. The first-order chi connectivity index (χ1) is 9.79. The quantitative estimate of drug-likeness (QED) is 0.868.